The molecule has 24 heavy (non-hydrogen) atoms. The van der Waals surface area contributed by atoms with E-state index in [-0.39, 0.29) is 23.6 Å². The number of imidazole rings is 1. The van der Waals surface area contributed by atoms with Crippen molar-refractivity contribution in [3.05, 3.63) is 61.7 Å². The second kappa shape index (κ2) is 6.15. The molecule has 0 atom stereocenters. The Morgan fingerprint density at radius 1 is 1.12 bits per heavy atom. The maximum absolute atomic E-state index is 12.1. The molecule has 0 bridgehead atoms. The van der Waals surface area contributed by atoms with Crippen LogP contribution in [0.25, 0.3) is 11.0 Å². The van der Waals surface area contributed by atoms with E-state index < -0.39 is 0 Å². The number of rotatable bonds is 4. The maximum atomic E-state index is 12.1. The minimum Gasteiger partial charge on any atom is -0.352 e. The van der Waals surface area contributed by atoms with Gasteiger partial charge in [-0.25, -0.2) is 9.78 Å². The molecule has 2 heterocycles. The fourth-order valence-corrected chi connectivity index (χ4v) is 2.57. The molecule has 3 rings (SSSR count). The summed E-state index contributed by atoms with van der Waals surface area (Å²) < 4.78 is 0. The van der Waals surface area contributed by atoms with Crippen LogP contribution in [-0.2, 0) is 17.8 Å². The van der Waals surface area contributed by atoms with Crippen molar-refractivity contribution in [2.24, 2.45) is 0 Å². The second-order valence-corrected chi connectivity index (χ2v) is 5.63. The van der Waals surface area contributed by atoms with Gasteiger partial charge in [0.15, 0.2) is 0 Å². The van der Waals surface area contributed by atoms with Crippen LogP contribution in [0.3, 0.4) is 0 Å². The number of benzene rings is 1. The number of hydrogen-bond donors (Lipinski definition) is 4. The summed E-state index contributed by atoms with van der Waals surface area (Å²) in [5.41, 5.74) is 2.60. The van der Waals surface area contributed by atoms with Crippen molar-refractivity contribution in [3.63, 3.8) is 0 Å². The van der Waals surface area contributed by atoms with Crippen LogP contribution in [0.15, 0.2) is 27.8 Å². The molecule has 0 radical (unpaired) electrons. The minimum absolute atomic E-state index is 0.0301. The molecule has 8 nitrogen and oxygen atoms in total. The van der Waals surface area contributed by atoms with Crippen molar-refractivity contribution in [1.29, 1.82) is 0 Å². The van der Waals surface area contributed by atoms with Crippen molar-refractivity contribution in [1.82, 2.24) is 25.3 Å². The maximum Gasteiger partial charge on any atom is 0.323 e. The molecule has 3 aromatic rings. The van der Waals surface area contributed by atoms with E-state index in [2.05, 4.69) is 25.3 Å². The Balaban J connectivity index is 1.68. The van der Waals surface area contributed by atoms with Crippen LogP contribution in [0.1, 0.15) is 22.6 Å². The van der Waals surface area contributed by atoms with Gasteiger partial charge in [-0.05, 0) is 31.5 Å². The van der Waals surface area contributed by atoms with Crippen molar-refractivity contribution in [3.8, 4) is 0 Å². The first-order valence-corrected chi connectivity index (χ1v) is 7.46. The van der Waals surface area contributed by atoms with Gasteiger partial charge in [0.25, 0.3) is 5.56 Å². The summed E-state index contributed by atoms with van der Waals surface area (Å²) in [6.07, 6.45) is -0.0301. The summed E-state index contributed by atoms with van der Waals surface area (Å²) in [5, 5.41) is 2.77. The molecular formula is C16H17N5O3. The van der Waals surface area contributed by atoms with Gasteiger partial charge >= 0.3 is 5.69 Å². The number of H-pyrrole nitrogens is 3. The molecule has 0 unspecified atom stereocenters. The zero-order valence-electron chi connectivity index (χ0n) is 13.3. The van der Waals surface area contributed by atoms with Crippen LogP contribution < -0.4 is 16.6 Å². The standard InChI is InChI=1S/C16H17N5O3/c1-8-11(15(23)19-9(2)18-8)6-14(22)17-7-10-3-4-12-13(5-10)21-16(24)20-12/h3-5H,6-7H2,1-2H3,(H,17,22)(H,18,19,23)(H2,20,21,24). The molecule has 1 aromatic carbocycles. The zero-order chi connectivity index (χ0) is 17.3. The third-order valence-electron chi connectivity index (χ3n) is 3.75. The highest BCUT2D eigenvalue weighted by Crippen LogP contribution is 2.10. The predicted octanol–water partition coefficient (Wildman–Crippen LogP) is 0.415. The Hall–Kier alpha value is -3.16. The number of aromatic nitrogens is 4. The molecule has 0 aliphatic carbocycles. The summed E-state index contributed by atoms with van der Waals surface area (Å²) in [6, 6.07) is 5.38. The van der Waals surface area contributed by atoms with Gasteiger partial charge in [0, 0.05) is 17.8 Å². The first-order valence-electron chi connectivity index (χ1n) is 7.46. The molecule has 1 amide bonds. The number of carbonyl (C=O) groups excluding carboxylic acids is 1. The Labute approximate surface area is 136 Å². The lowest BCUT2D eigenvalue weighted by Crippen LogP contribution is -2.29. The normalized spacial score (nSPS) is 10.9. The Bertz CT molecular complexity index is 1030. The van der Waals surface area contributed by atoms with Crippen LogP contribution in [0.4, 0.5) is 0 Å². The molecule has 0 aliphatic heterocycles. The second-order valence-electron chi connectivity index (χ2n) is 5.63. The van der Waals surface area contributed by atoms with E-state index in [4.69, 9.17) is 0 Å². The zero-order valence-corrected chi connectivity index (χ0v) is 13.3. The van der Waals surface area contributed by atoms with E-state index in [1.807, 2.05) is 6.07 Å². The molecule has 0 saturated carbocycles. The Kier molecular flexibility index (Phi) is 4.03. The number of nitrogens with zero attached hydrogens (tertiary/aromatic N) is 1. The summed E-state index contributed by atoms with van der Waals surface area (Å²) in [5.74, 6) is 0.257. The van der Waals surface area contributed by atoms with E-state index in [1.165, 1.54) is 0 Å². The van der Waals surface area contributed by atoms with Gasteiger partial charge in [0.05, 0.1) is 17.5 Å². The molecule has 4 N–H and O–H groups in total. The van der Waals surface area contributed by atoms with Crippen LogP contribution in [0, 0.1) is 13.8 Å². The highest BCUT2D eigenvalue weighted by Gasteiger charge is 2.11. The first-order chi connectivity index (χ1) is 11.4. The summed E-state index contributed by atoms with van der Waals surface area (Å²) in [7, 11) is 0. The molecule has 0 aliphatic rings. The monoisotopic (exact) mass is 327 g/mol. The number of amides is 1. The smallest absolute Gasteiger partial charge is 0.323 e. The van der Waals surface area contributed by atoms with Crippen molar-refractivity contribution in [2.45, 2.75) is 26.8 Å². The predicted molar refractivity (Wildman–Crippen MR) is 88.8 cm³/mol. The summed E-state index contributed by atoms with van der Waals surface area (Å²) in [6.45, 7) is 3.71. The molecule has 0 fully saturated rings. The van der Waals surface area contributed by atoms with Gasteiger partial charge in [-0.2, -0.15) is 0 Å². The average Bonchev–Trinajstić information content (AvgIpc) is 2.88. The highest BCUT2D eigenvalue weighted by atomic mass is 16.2. The number of nitrogens with one attached hydrogen (secondary N) is 4. The Morgan fingerprint density at radius 2 is 1.88 bits per heavy atom. The largest absolute Gasteiger partial charge is 0.352 e. The van der Waals surface area contributed by atoms with Crippen molar-refractivity contribution in [2.75, 3.05) is 0 Å². The van der Waals surface area contributed by atoms with Crippen LogP contribution in [0.2, 0.25) is 0 Å². The van der Waals surface area contributed by atoms with E-state index >= 15 is 0 Å². The van der Waals surface area contributed by atoms with Gasteiger partial charge in [-0.3, -0.25) is 9.59 Å². The highest BCUT2D eigenvalue weighted by molar-refractivity contribution is 5.79. The van der Waals surface area contributed by atoms with E-state index in [0.29, 0.717) is 34.7 Å². The van der Waals surface area contributed by atoms with Crippen molar-refractivity contribution < 1.29 is 4.79 Å². The average molecular weight is 327 g/mol. The van der Waals surface area contributed by atoms with Gasteiger partial charge in [0.1, 0.15) is 5.82 Å². The van der Waals surface area contributed by atoms with Crippen LogP contribution >= 0.6 is 0 Å². The van der Waals surface area contributed by atoms with Gasteiger partial charge < -0.3 is 20.3 Å². The molecule has 2 aromatic heterocycles. The van der Waals surface area contributed by atoms with Crippen LogP contribution in [0.5, 0.6) is 0 Å². The third-order valence-corrected chi connectivity index (χ3v) is 3.75. The van der Waals surface area contributed by atoms with Gasteiger partial charge in [-0.1, -0.05) is 6.07 Å². The number of fused-ring (bicyclic) bond motifs is 1. The van der Waals surface area contributed by atoms with Gasteiger partial charge in [-0.15, -0.1) is 0 Å². The quantitative estimate of drug-likeness (QED) is 0.554. The molecule has 0 saturated heterocycles. The SMILES string of the molecule is Cc1nc(C)c(CC(=O)NCc2ccc3[nH]c(=O)[nH]c3c2)c(=O)[nH]1. The van der Waals surface area contributed by atoms with Crippen LogP contribution in [-0.4, -0.2) is 25.8 Å². The molecule has 8 heteroatoms. The molecule has 0 spiro atoms. The molecular weight excluding hydrogens is 310 g/mol. The summed E-state index contributed by atoms with van der Waals surface area (Å²) >= 11 is 0. The lowest BCUT2D eigenvalue weighted by Gasteiger charge is -2.07. The van der Waals surface area contributed by atoms with Gasteiger partial charge in [0.2, 0.25) is 5.91 Å². The fraction of sp³-hybridized carbons (Fsp3) is 0.250. The first kappa shape index (κ1) is 15.7. The molecule has 124 valence electrons. The number of aromatic amines is 3. The van der Waals surface area contributed by atoms with E-state index in [1.54, 1.807) is 26.0 Å². The van der Waals surface area contributed by atoms with E-state index in [9.17, 15) is 14.4 Å². The Morgan fingerprint density at radius 3 is 2.62 bits per heavy atom. The third kappa shape index (κ3) is 3.27. The number of aryl methyl sites for hydroxylation is 2. The lowest BCUT2D eigenvalue weighted by atomic mass is 10.1. The lowest BCUT2D eigenvalue weighted by molar-refractivity contribution is -0.120. The van der Waals surface area contributed by atoms with E-state index in [0.717, 1.165) is 5.56 Å². The fourth-order valence-electron chi connectivity index (χ4n) is 2.57. The topological polar surface area (TPSA) is 123 Å². The number of carbonyl (C=O) groups is 1. The minimum atomic E-state index is -0.290. The summed E-state index contributed by atoms with van der Waals surface area (Å²) in [4.78, 5) is 47.3. The number of hydrogen-bond acceptors (Lipinski definition) is 4. The van der Waals surface area contributed by atoms with Crippen molar-refractivity contribution >= 4 is 16.9 Å².